The van der Waals surface area contributed by atoms with Gasteiger partial charge in [0.05, 0.1) is 0 Å². The van der Waals surface area contributed by atoms with Crippen molar-refractivity contribution in [3.63, 3.8) is 0 Å². The largest absolute Gasteiger partial charge is 0.362 e. The number of rotatable bonds is 5. The zero-order chi connectivity index (χ0) is 11.3. The van der Waals surface area contributed by atoms with Gasteiger partial charge < -0.3 is 10.1 Å². The fourth-order valence-corrected chi connectivity index (χ4v) is 1.52. The summed E-state index contributed by atoms with van der Waals surface area (Å²) in [6, 6.07) is 6.27. The molecule has 1 aromatic carbocycles. The average Bonchev–Trinajstić information content (AvgIpc) is 2.23. The number of hydrogen-bond acceptors (Lipinski definition) is 2. The zero-order valence-corrected chi connectivity index (χ0v) is 9.71. The van der Waals surface area contributed by atoms with Crippen LogP contribution in [0.25, 0.3) is 0 Å². The SMILES string of the molecule is C=CCc1cccc(C)c1NC(C)OC. The van der Waals surface area contributed by atoms with E-state index in [1.807, 2.05) is 13.0 Å². The first-order valence-corrected chi connectivity index (χ1v) is 5.17. The van der Waals surface area contributed by atoms with Crippen LogP contribution in [0.4, 0.5) is 5.69 Å². The number of allylic oxidation sites excluding steroid dienone is 1. The summed E-state index contributed by atoms with van der Waals surface area (Å²) in [5.41, 5.74) is 3.65. The number of methoxy groups -OCH3 is 1. The van der Waals surface area contributed by atoms with E-state index in [0.717, 1.165) is 12.1 Å². The van der Waals surface area contributed by atoms with E-state index >= 15 is 0 Å². The van der Waals surface area contributed by atoms with Crippen LogP contribution in [-0.4, -0.2) is 13.3 Å². The second-order valence-electron chi connectivity index (χ2n) is 3.62. The van der Waals surface area contributed by atoms with Crippen LogP contribution in [-0.2, 0) is 11.2 Å². The molecule has 2 nitrogen and oxygen atoms in total. The van der Waals surface area contributed by atoms with Crippen LogP contribution in [0, 0.1) is 6.92 Å². The van der Waals surface area contributed by atoms with Crippen molar-refractivity contribution in [1.29, 1.82) is 0 Å². The molecular weight excluding hydrogens is 186 g/mol. The Kier molecular flexibility index (Phi) is 4.37. The van der Waals surface area contributed by atoms with Crippen LogP contribution >= 0.6 is 0 Å². The highest BCUT2D eigenvalue weighted by Crippen LogP contribution is 2.22. The highest BCUT2D eigenvalue weighted by atomic mass is 16.5. The molecule has 2 heteroatoms. The first-order chi connectivity index (χ1) is 7.19. The van der Waals surface area contributed by atoms with Crippen LogP contribution in [0.5, 0.6) is 0 Å². The summed E-state index contributed by atoms with van der Waals surface area (Å²) in [4.78, 5) is 0. The van der Waals surface area contributed by atoms with Gasteiger partial charge in [0.2, 0.25) is 0 Å². The number of para-hydroxylation sites is 1. The summed E-state index contributed by atoms with van der Waals surface area (Å²) < 4.78 is 5.21. The molecule has 15 heavy (non-hydrogen) atoms. The lowest BCUT2D eigenvalue weighted by Gasteiger charge is -2.18. The minimum atomic E-state index is 0.0228. The standard InChI is InChI=1S/C13H19NO/c1-5-7-12-9-6-8-10(2)13(12)14-11(3)15-4/h5-6,8-9,11,14H,1,7H2,2-4H3. The van der Waals surface area contributed by atoms with Crippen molar-refractivity contribution in [2.75, 3.05) is 12.4 Å². The van der Waals surface area contributed by atoms with E-state index in [4.69, 9.17) is 4.74 Å². The minimum absolute atomic E-state index is 0.0228. The van der Waals surface area contributed by atoms with E-state index in [-0.39, 0.29) is 6.23 Å². The van der Waals surface area contributed by atoms with Gasteiger partial charge in [-0.05, 0) is 31.4 Å². The molecule has 1 N–H and O–H groups in total. The van der Waals surface area contributed by atoms with Gasteiger partial charge in [0.25, 0.3) is 0 Å². The maximum Gasteiger partial charge on any atom is 0.124 e. The Labute approximate surface area is 92.0 Å². The zero-order valence-electron chi connectivity index (χ0n) is 9.71. The molecule has 1 aromatic rings. The van der Waals surface area contributed by atoms with E-state index in [9.17, 15) is 0 Å². The molecule has 0 aliphatic rings. The summed E-state index contributed by atoms with van der Waals surface area (Å²) in [5.74, 6) is 0. The van der Waals surface area contributed by atoms with Crippen LogP contribution in [0.2, 0.25) is 0 Å². The summed E-state index contributed by atoms with van der Waals surface area (Å²) >= 11 is 0. The molecule has 1 unspecified atom stereocenters. The third-order valence-corrected chi connectivity index (χ3v) is 2.42. The fourth-order valence-electron chi connectivity index (χ4n) is 1.52. The second-order valence-corrected chi connectivity index (χ2v) is 3.62. The first-order valence-electron chi connectivity index (χ1n) is 5.17. The first kappa shape index (κ1) is 11.8. The summed E-state index contributed by atoms with van der Waals surface area (Å²) in [6.07, 6.45) is 2.81. The Morgan fingerprint density at radius 2 is 2.27 bits per heavy atom. The van der Waals surface area contributed by atoms with Gasteiger partial charge >= 0.3 is 0 Å². The molecular formula is C13H19NO. The maximum absolute atomic E-state index is 5.21. The molecule has 0 fully saturated rings. The molecule has 0 saturated heterocycles. The molecule has 0 amide bonds. The van der Waals surface area contributed by atoms with E-state index in [0.29, 0.717) is 0 Å². The number of ether oxygens (including phenoxy) is 1. The molecule has 0 aliphatic carbocycles. The van der Waals surface area contributed by atoms with Gasteiger partial charge in [-0.15, -0.1) is 6.58 Å². The molecule has 0 spiro atoms. The smallest absolute Gasteiger partial charge is 0.124 e. The number of hydrogen-bond donors (Lipinski definition) is 1. The molecule has 0 bridgehead atoms. The Hall–Kier alpha value is -1.28. The van der Waals surface area contributed by atoms with E-state index in [2.05, 4.69) is 37.0 Å². The molecule has 0 radical (unpaired) electrons. The van der Waals surface area contributed by atoms with Gasteiger partial charge in [0, 0.05) is 12.8 Å². The molecule has 0 saturated carbocycles. The van der Waals surface area contributed by atoms with E-state index < -0.39 is 0 Å². The van der Waals surface area contributed by atoms with Crippen molar-refractivity contribution >= 4 is 5.69 Å². The van der Waals surface area contributed by atoms with Crippen molar-refractivity contribution in [2.24, 2.45) is 0 Å². The summed E-state index contributed by atoms with van der Waals surface area (Å²) in [5, 5.41) is 3.34. The highest BCUT2D eigenvalue weighted by molar-refractivity contribution is 5.58. The molecule has 0 aliphatic heterocycles. The summed E-state index contributed by atoms with van der Waals surface area (Å²) in [6.45, 7) is 7.85. The van der Waals surface area contributed by atoms with Crippen LogP contribution in [0.1, 0.15) is 18.1 Å². The van der Waals surface area contributed by atoms with Crippen molar-refractivity contribution in [3.05, 3.63) is 42.0 Å². The lowest BCUT2D eigenvalue weighted by Crippen LogP contribution is -2.18. The van der Waals surface area contributed by atoms with E-state index in [1.54, 1.807) is 7.11 Å². The van der Waals surface area contributed by atoms with Gasteiger partial charge in [0.15, 0.2) is 0 Å². The predicted octanol–water partition coefficient (Wildman–Crippen LogP) is 3.13. The number of benzene rings is 1. The Morgan fingerprint density at radius 1 is 1.53 bits per heavy atom. The minimum Gasteiger partial charge on any atom is -0.362 e. The van der Waals surface area contributed by atoms with Crippen LogP contribution in [0.15, 0.2) is 30.9 Å². The van der Waals surface area contributed by atoms with Gasteiger partial charge in [0.1, 0.15) is 6.23 Å². The number of nitrogens with one attached hydrogen (secondary N) is 1. The third-order valence-electron chi connectivity index (χ3n) is 2.42. The van der Waals surface area contributed by atoms with Crippen molar-refractivity contribution in [3.8, 4) is 0 Å². The maximum atomic E-state index is 5.21. The monoisotopic (exact) mass is 205 g/mol. The Morgan fingerprint density at radius 3 is 2.87 bits per heavy atom. The van der Waals surface area contributed by atoms with Crippen LogP contribution < -0.4 is 5.32 Å². The lowest BCUT2D eigenvalue weighted by atomic mass is 10.1. The molecule has 1 rings (SSSR count). The molecule has 82 valence electrons. The lowest BCUT2D eigenvalue weighted by molar-refractivity contribution is 0.141. The molecule has 1 atom stereocenters. The summed E-state index contributed by atoms with van der Waals surface area (Å²) in [7, 11) is 1.70. The van der Waals surface area contributed by atoms with Gasteiger partial charge in [-0.25, -0.2) is 0 Å². The second kappa shape index (κ2) is 5.56. The van der Waals surface area contributed by atoms with Crippen LogP contribution in [0.3, 0.4) is 0 Å². The molecule has 0 heterocycles. The van der Waals surface area contributed by atoms with E-state index in [1.165, 1.54) is 11.1 Å². The normalized spacial score (nSPS) is 12.2. The predicted molar refractivity (Wildman–Crippen MR) is 65.2 cm³/mol. The number of anilines is 1. The Balaban J connectivity index is 2.96. The Bertz CT molecular complexity index is 333. The molecule has 0 aromatic heterocycles. The van der Waals surface area contributed by atoms with Gasteiger partial charge in [-0.1, -0.05) is 24.3 Å². The van der Waals surface area contributed by atoms with Crippen molar-refractivity contribution in [1.82, 2.24) is 0 Å². The number of aryl methyl sites for hydroxylation is 1. The quantitative estimate of drug-likeness (QED) is 0.589. The van der Waals surface area contributed by atoms with Crippen molar-refractivity contribution < 1.29 is 4.74 Å². The van der Waals surface area contributed by atoms with Gasteiger partial charge in [-0.3, -0.25) is 0 Å². The highest BCUT2D eigenvalue weighted by Gasteiger charge is 2.06. The third kappa shape index (κ3) is 3.10. The topological polar surface area (TPSA) is 21.3 Å². The average molecular weight is 205 g/mol. The fraction of sp³-hybridized carbons (Fsp3) is 0.385. The van der Waals surface area contributed by atoms with Gasteiger partial charge in [-0.2, -0.15) is 0 Å². The van der Waals surface area contributed by atoms with Crippen molar-refractivity contribution in [2.45, 2.75) is 26.5 Å².